The van der Waals surface area contributed by atoms with Gasteiger partial charge < -0.3 is 20.1 Å². The normalized spacial score (nSPS) is 10.9. The van der Waals surface area contributed by atoms with Crippen LogP contribution >= 0.6 is 0 Å². The number of anilines is 2. The van der Waals surface area contributed by atoms with E-state index >= 15 is 0 Å². The zero-order valence-electron chi connectivity index (χ0n) is 22.3. The molecule has 2 amide bonds. The standard InChI is InChI=1S/C33H26F2N2O5/c34-25-7-11-27(12-8-25)36-32(39)21-41-30-17-3-23(4-18-30)1-15-29(38)16-2-24-5-19-31(20-6-24)42-22-33(40)37-28-13-9-26(35)10-14-28/h1-20H,21-22H2,(H,36,39)(H,37,40)/b15-1+,16-2+. The van der Waals surface area contributed by atoms with E-state index in [-0.39, 0.29) is 42.4 Å². The Morgan fingerprint density at radius 3 is 1.26 bits per heavy atom. The number of carbonyl (C=O) groups excluding carboxylic acids is 3. The number of rotatable bonds is 12. The van der Waals surface area contributed by atoms with Gasteiger partial charge in [-0.3, -0.25) is 14.4 Å². The third kappa shape index (κ3) is 9.87. The van der Waals surface area contributed by atoms with Crippen molar-refractivity contribution in [2.45, 2.75) is 0 Å². The maximum Gasteiger partial charge on any atom is 0.262 e. The van der Waals surface area contributed by atoms with Crippen LogP contribution in [0, 0.1) is 11.6 Å². The van der Waals surface area contributed by atoms with Gasteiger partial charge in [0, 0.05) is 11.4 Å². The summed E-state index contributed by atoms with van der Waals surface area (Å²) < 4.78 is 36.8. The van der Waals surface area contributed by atoms with Crippen LogP contribution in [0.15, 0.2) is 109 Å². The van der Waals surface area contributed by atoms with Gasteiger partial charge in [-0.1, -0.05) is 36.4 Å². The van der Waals surface area contributed by atoms with Crippen LogP contribution < -0.4 is 20.1 Å². The molecule has 0 heterocycles. The first-order valence-corrected chi connectivity index (χ1v) is 12.8. The minimum Gasteiger partial charge on any atom is -0.484 e. The number of benzene rings is 4. The summed E-state index contributed by atoms with van der Waals surface area (Å²) in [7, 11) is 0. The molecule has 0 saturated heterocycles. The molecule has 0 aliphatic heterocycles. The van der Waals surface area contributed by atoms with Crippen LogP contribution in [-0.2, 0) is 14.4 Å². The Bertz CT molecular complexity index is 1450. The lowest BCUT2D eigenvalue weighted by Crippen LogP contribution is -2.20. The van der Waals surface area contributed by atoms with E-state index in [0.29, 0.717) is 22.9 Å². The van der Waals surface area contributed by atoms with Gasteiger partial charge in [-0.05, 0) is 96.1 Å². The summed E-state index contributed by atoms with van der Waals surface area (Å²) in [6.07, 6.45) is 6.18. The molecule has 0 bridgehead atoms. The number of carbonyl (C=O) groups is 3. The van der Waals surface area contributed by atoms with Crippen LogP contribution in [0.4, 0.5) is 20.2 Å². The van der Waals surface area contributed by atoms with E-state index < -0.39 is 0 Å². The number of ether oxygens (including phenoxy) is 2. The Labute approximate surface area is 241 Å². The van der Waals surface area contributed by atoms with Gasteiger partial charge in [-0.25, -0.2) is 8.78 Å². The number of nitrogens with one attached hydrogen (secondary N) is 2. The van der Waals surface area contributed by atoms with Crippen LogP contribution in [0.3, 0.4) is 0 Å². The zero-order valence-corrected chi connectivity index (χ0v) is 22.3. The molecule has 0 spiro atoms. The van der Waals surface area contributed by atoms with Gasteiger partial charge in [0.25, 0.3) is 11.8 Å². The number of hydrogen-bond donors (Lipinski definition) is 2. The fraction of sp³-hybridized carbons (Fsp3) is 0.0606. The van der Waals surface area contributed by atoms with Gasteiger partial charge >= 0.3 is 0 Å². The molecule has 42 heavy (non-hydrogen) atoms. The number of halogens is 2. The van der Waals surface area contributed by atoms with Crippen molar-refractivity contribution in [3.63, 3.8) is 0 Å². The number of amides is 2. The lowest BCUT2D eigenvalue weighted by molar-refractivity contribution is -0.118. The molecule has 4 aromatic rings. The largest absolute Gasteiger partial charge is 0.484 e. The van der Waals surface area contributed by atoms with Crippen molar-refractivity contribution >= 4 is 41.1 Å². The zero-order chi connectivity index (χ0) is 29.7. The van der Waals surface area contributed by atoms with E-state index in [1.807, 2.05) is 0 Å². The van der Waals surface area contributed by atoms with Crippen LogP contribution in [-0.4, -0.2) is 30.8 Å². The highest BCUT2D eigenvalue weighted by molar-refractivity contribution is 6.04. The topological polar surface area (TPSA) is 93.7 Å². The van der Waals surface area contributed by atoms with Gasteiger partial charge in [-0.15, -0.1) is 0 Å². The average Bonchev–Trinajstić information content (AvgIpc) is 3.00. The number of ketones is 1. The summed E-state index contributed by atoms with van der Waals surface area (Å²) in [4.78, 5) is 36.3. The number of allylic oxidation sites excluding steroid dienone is 2. The molecule has 212 valence electrons. The highest BCUT2D eigenvalue weighted by Gasteiger charge is 2.05. The van der Waals surface area contributed by atoms with E-state index in [4.69, 9.17) is 9.47 Å². The van der Waals surface area contributed by atoms with Crippen molar-refractivity contribution in [3.8, 4) is 11.5 Å². The fourth-order valence-electron chi connectivity index (χ4n) is 3.52. The van der Waals surface area contributed by atoms with E-state index in [0.717, 1.165) is 11.1 Å². The van der Waals surface area contributed by atoms with E-state index in [1.54, 1.807) is 60.7 Å². The van der Waals surface area contributed by atoms with Gasteiger partial charge in [0.15, 0.2) is 19.0 Å². The summed E-state index contributed by atoms with van der Waals surface area (Å²) in [5.41, 5.74) is 2.48. The molecule has 0 aromatic heterocycles. The quantitative estimate of drug-likeness (QED) is 0.196. The summed E-state index contributed by atoms with van der Waals surface area (Å²) in [6, 6.07) is 24.6. The Morgan fingerprint density at radius 2 is 0.905 bits per heavy atom. The van der Waals surface area contributed by atoms with E-state index in [1.165, 1.54) is 60.7 Å². The van der Waals surface area contributed by atoms with Crippen molar-refractivity contribution in [1.29, 1.82) is 0 Å². The first kappa shape index (κ1) is 29.4. The molecule has 0 aliphatic rings. The SMILES string of the molecule is O=C(/C=C/c1ccc(OCC(=O)Nc2ccc(F)cc2)cc1)/C=C/c1ccc(OCC(=O)Nc2ccc(F)cc2)cc1. The molecule has 2 N–H and O–H groups in total. The second kappa shape index (κ2) is 14.7. The van der Waals surface area contributed by atoms with Crippen LogP contribution in [0.2, 0.25) is 0 Å². The highest BCUT2D eigenvalue weighted by atomic mass is 19.1. The summed E-state index contributed by atoms with van der Waals surface area (Å²) in [6.45, 7) is -0.425. The molecule has 0 saturated carbocycles. The molecule has 7 nitrogen and oxygen atoms in total. The van der Waals surface area contributed by atoms with Crippen molar-refractivity contribution < 1.29 is 32.6 Å². The lowest BCUT2D eigenvalue weighted by atomic mass is 10.1. The molecule has 0 unspecified atom stereocenters. The van der Waals surface area contributed by atoms with Crippen molar-refractivity contribution in [1.82, 2.24) is 0 Å². The number of hydrogen-bond acceptors (Lipinski definition) is 5. The van der Waals surface area contributed by atoms with Crippen molar-refractivity contribution in [2.75, 3.05) is 23.8 Å². The monoisotopic (exact) mass is 568 g/mol. The predicted molar refractivity (Wildman–Crippen MR) is 157 cm³/mol. The van der Waals surface area contributed by atoms with Gasteiger partial charge in [-0.2, -0.15) is 0 Å². The molecular weight excluding hydrogens is 542 g/mol. The smallest absolute Gasteiger partial charge is 0.262 e. The van der Waals surface area contributed by atoms with E-state index in [9.17, 15) is 23.2 Å². The molecule has 4 rings (SSSR count). The molecule has 0 fully saturated rings. The summed E-state index contributed by atoms with van der Waals surface area (Å²) in [5, 5.41) is 5.23. The Hall–Kier alpha value is -5.57. The summed E-state index contributed by atoms with van der Waals surface area (Å²) in [5.74, 6) is -0.793. The second-order valence-electron chi connectivity index (χ2n) is 8.89. The van der Waals surface area contributed by atoms with E-state index in [2.05, 4.69) is 10.6 Å². The first-order chi connectivity index (χ1) is 20.3. The minimum atomic E-state index is -0.390. The van der Waals surface area contributed by atoms with Crippen LogP contribution in [0.5, 0.6) is 11.5 Å². The Morgan fingerprint density at radius 1 is 0.548 bits per heavy atom. The molecule has 0 radical (unpaired) electrons. The average molecular weight is 569 g/mol. The van der Waals surface area contributed by atoms with Gasteiger partial charge in [0.05, 0.1) is 0 Å². The van der Waals surface area contributed by atoms with Crippen LogP contribution in [0.1, 0.15) is 11.1 Å². The Kier molecular flexibility index (Phi) is 10.3. The summed E-state index contributed by atoms with van der Waals surface area (Å²) >= 11 is 0. The molecule has 0 aliphatic carbocycles. The fourth-order valence-corrected chi connectivity index (χ4v) is 3.52. The van der Waals surface area contributed by atoms with Crippen molar-refractivity contribution in [3.05, 3.63) is 132 Å². The first-order valence-electron chi connectivity index (χ1n) is 12.8. The minimum absolute atomic E-state index is 0.213. The van der Waals surface area contributed by atoms with Crippen molar-refractivity contribution in [2.24, 2.45) is 0 Å². The predicted octanol–water partition coefficient (Wildman–Crippen LogP) is 6.30. The second-order valence-corrected chi connectivity index (χ2v) is 8.89. The highest BCUT2D eigenvalue weighted by Crippen LogP contribution is 2.16. The molecule has 4 aromatic carbocycles. The molecule has 9 heteroatoms. The molecular formula is C33H26F2N2O5. The van der Waals surface area contributed by atoms with Gasteiger partial charge in [0.2, 0.25) is 0 Å². The van der Waals surface area contributed by atoms with Crippen LogP contribution in [0.25, 0.3) is 12.2 Å². The Balaban J connectivity index is 1.18. The maximum atomic E-state index is 13.0. The third-order valence-corrected chi connectivity index (χ3v) is 5.64. The maximum absolute atomic E-state index is 13.0. The van der Waals surface area contributed by atoms with Gasteiger partial charge in [0.1, 0.15) is 23.1 Å². The third-order valence-electron chi connectivity index (χ3n) is 5.64. The molecule has 0 atom stereocenters. The lowest BCUT2D eigenvalue weighted by Gasteiger charge is -2.08.